The molecule has 2 aromatic rings. The zero-order valence-electron chi connectivity index (χ0n) is 10.4. The topological polar surface area (TPSA) is 69.6 Å². The summed E-state index contributed by atoms with van der Waals surface area (Å²) in [6.45, 7) is 2.02. The number of hydrogen-bond acceptors (Lipinski definition) is 6. The molecule has 1 aliphatic carbocycles. The Kier molecular flexibility index (Phi) is 3.93. The van der Waals surface area contributed by atoms with Gasteiger partial charge in [0.25, 0.3) is 0 Å². The average Bonchev–Trinajstić information content (AvgIpc) is 2.95. The van der Waals surface area contributed by atoms with Crippen LogP contribution in [0.1, 0.15) is 35.9 Å². The van der Waals surface area contributed by atoms with Crippen molar-refractivity contribution in [3.63, 3.8) is 0 Å². The smallest absolute Gasteiger partial charge is 0.210 e. The Hall–Kier alpha value is -0.440. The lowest BCUT2D eigenvalue weighted by Gasteiger charge is -2.18. The molecule has 1 fully saturated rings. The summed E-state index contributed by atoms with van der Waals surface area (Å²) in [5, 5.41) is 15.1. The van der Waals surface area contributed by atoms with Crippen LogP contribution in [0.3, 0.4) is 0 Å². The Labute approximate surface area is 128 Å². The van der Waals surface area contributed by atoms with Crippen molar-refractivity contribution in [1.29, 1.82) is 0 Å². The quantitative estimate of drug-likeness (QED) is 0.830. The van der Waals surface area contributed by atoms with Crippen LogP contribution in [0.15, 0.2) is 21.1 Å². The van der Waals surface area contributed by atoms with Crippen molar-refractivity contribution in [2.45, 2.75) is 42.3 Å². The molecule has 0 amide bonds. The molecule has 2 atom stereocenters. The maximum absolute atomic E-state index is 6.13. The zero-order chi connectivity index (χ0) is 13.4. The van der Waals surface area contributed by atoms with Gasteiger partial charge in [-0.1, -0.05) is 11.8 Å². The van der Waals surface area contributed by atoms with E-state index in [2.05, 4.69) is 42.9 Å². The van der Waals surface area contributed by atoms with Crippen molar-refractivity contribution in [1.82, 2.24) is 20.2 Å². The Morgan fingerprint density at radius 1 is 1.58 bits per heavy atom. The van der Waals surface area contributed by atoms with Crippen molar-refractivity contribution in [2.24, 2.45) is 5.73 Å². The molecular formula is C11H14BrN5S2. The van der Waals surface area contributed by atoms with Crippen LogP contribution in [0.4, 0.5) is 0 Å². The van der Waals surface area contributed by atoms with E-state index in [1.807, 2.05) is 11.6 Å². The summed E-state index contributed by atoms with van der Waals surface area (Å²) in [5.41, 5.74) is 6.13. The largest absolute Gasteiger partial charge is 0.327 e. The van der Waals surface area contributed by atoms with Gasteiger partial charge in [-0.05, 0) is 52.2 Å². The predicted octanol–water partition coefficient (Wildman–Crippen LogP) is 3.01. The Morgan fingerprint density at radius 2 is 2.37 bits per heavy atom. The second-order valence-corrected chi connectivity index (χ2v) is 7.67. The Balaban J connectivity index is 1.83. The Bertz CT molecular complexity index is 563. The fraction of sp³-hybridized carbons (Fsp3) is 0.545. The SMILES string of the molecule is CC(N)C(Sc1nnnn1C1CC1)c1cc(Br)cs1. The van der Waals surface area contributed by atoms with Gasteiger partial charge in [-0.15, -0.1) is 16.4 Å². The highest BCUT2D eigenvalue weighted by Crippen LogP contribution is 2.43. The standard InChI is InChI=1S/C11H14BrN5S2/c1-6(13)10(9-4-7(12)5-18-9)19-11-14-15-16-17(11)8-2-3-8/h4-6,8,10H,2-3,13H2,1H3. The van der Waals surface area contributed by atoms with Gasteiger partial charge >= 0.3 is 0 Å². The molecule has 0 saturated heterocycles. The average molecular weight is 360 g/mol. The number of nitrogens with two attached hydrogens (primary N) is 1. The van der Waals surface area contributed by atoms with Crippen molar-refractivity contribution in [3.8, 4) is 0 Å². The minimum absolute atomic E-state index is 0.0416. The number of nitrogens with zero attached hydrogens (tertiary/aromatic N) is 4. The summed E-state index contributed by atoms with van der Waals surface area (Å²) in [6.07, 6.45) is 2.35. The third-order valence-electron chi connectivity index (χ3n) is 2.93. The molecule has 2 aromatic heterocycles. The molecule has 19 heavy (non-hydrogen) atoms. The summed E-state index contributed by atoms with van der Waals surface area (Å²) >= 11 is 6.86. The molecule has 8 heteroatoms. The molecule has 0 aromatic carbocycles. The number of aromatic nitrogens is 4. The van der Waals surface area contributed by atoms with Crippen LogP contribution in [0.2, 0.25) is 0 Å². The summed E-state index contributed by atoms with van der Waals surface area (Å²) in [6, 6.07) is 2.65. The molecule has 2 N–H and O–H groups in total. The predicted molar refractivity (Wildman–Crippen MR) is 80.4 cm³/mol. The summed E-state index contributed by atoms with van der Waals surface area (Å²) in [7, 11) is 0. The van der Waals surface area contributed by atoms with E-state index in [9.17, 15) is 0 Å². The van der Waals surface area contributed by atoms with Gasteiger partial charge in [0.2, 0.25) is 5.16 Å². The van der Waals surface area contributed by atoms with Gasteiger partial charge in [0, 0.05) is 20.8 Å². The van der Waals surface area contributed by atoms with Gasteiger partial charge in [-0.25, -0.2) is 4.68 Å². The molecular weight excluding hydrogens is 346 g/mol. The van der Waals surface area contributed by atoms with Crippen LogP contribution < -0.4 is 5.73 Å². The van der Waals surface area contributed by atoms with Gasteiger partial charge in [0.1, 0.15) is 0 Å². The van der Waals surface area contributed by atoms with Gasteiger partial charge in [0.05, 0.1) is 11.3 Å². The van der Waals surface area contributed by atoms with Gasteiger partial charge in [-0.2, -0.15) is 0 Å². The summed E-state index contributed by atoms with van der Waals surface area (Å²) in [4.78, 5) is 1.25. The first-order valence-electron chi connectivity index (χ1n) is 6.09. The number of rotatable bonds is 5. The molecule has 2 heterocycles. The zero-order valence-corrected chi connectivity index (χ0v) is 13.6. The molecule has 1 aliphatic rings. The fourth-order valence-electron chi connectivity index (χ4n) is 1.83. The molecule has 0 spiro atoms. The maximum Gasteiger partial charge on any atom is 0.210 e. The minimum atomic E-state index is 0.0416. The highest BCUT2D eigenvalue weighted by molar-refractivity contribution is 9.10. The van der Waals surface area contributed by atoms with Crippen LogP contribution in [0, 0.1) is 0 Å². The number of thiophene rings is 1. The number of thioether (sulfide) groups is 1. The first-order valence-corrected chi connectivity index (χ1v) is 8.64. The molecule has 5 nitrogen and oxygen atoms in total. The minimum Gasteiger partial charge on any atom is -0.327 e. The van der Waals surface area contributed by atoms with E-state index in [1.165, 1.54) is 17.7 Å². The van der Waals surface area contributed by atoms with E-state index in [1.54, 1.807) is 23.1 Å². The Morgan fingerprint density at radius 3 is 2.95 bits per heavy atom. The maximum atomic E-state index is 6.13. The van der Waals surface area contributed by atoms with E-state index >= 15 is 0 Å². The van der Waals surface area contributed by atoms with Gasteiger partial charge in [0.15, 0.2) is 0 Å². The third-order valence-corrected chi connectivity index (χ3v) is 6.28. The van der Waals surface area contributed by atoms with E-state index < -0.39 is 0 Å². The lowest BCUT2D eigenvalue weighted by Crippen LogP contribution is -2.22. The van der Waals surface area contributed by atoms with Crippen LogP contribution in [-0.2, 0) is 0 Å². The van der Waals surface area contributed by atoms with E-state index in [0.717, 1.165) is 9.63 Å². The van der Waals surface area contributed by atoms with Crippen LogP contribution in [0.25, 0.3) is 0 Å². The molecule has 0 aliphatic heterocycles. The second-order valence-electron chi connectivity index (χ2n) is 4.70. The molecule has 0 radical (unpaired) electrons. The van der Waals surface area contributed by atoms with Crippen LogP contribution in [0.5, 0.6) is 0 Å². The highest BCUT2D eigenvalue weighted by Gasteiger charge is 2.30. The summed E-state index contributed by atoms with van der Waals surface area (Å²) < 4.78 is 3.03. The fourth-order valence-corrected chi connectivity index (χ4v) is 4.68. The number of hydrogen-bond donors (Lipinski definition) is 1. The molecule has 2 unspecified atom stereocenters. The van der Waals surface area contributed by atoms with Crippen LogP contribution >= 0.6 is 39.0 Å². The normalized spacial score (nSPS) is 18.5. The molecule has 3 rings (SSSR count). The van der Waals surface area contributed by atoms with Gasteiger partial charge in [-0.3, -0.25) is 0 Å². The second kappa shape index (κ2) is 5.51. The lowest BCUT2D eigenvalue weighted by molar-refractivity contribution is 0.563. The van der Waals surface area contributed by atoms with Crippen molar-refractivity contribution in [3.05, 3.63) is 20.8 Å². The van der Waals surface area contributed by atoms with Crippen molar-refractivity contribution < 1.29 is 0 Å². The molecule has 0 bridgehead atoms. The summed E-state index contributed by atoms with van der Waals surface area (Å²) in [5.74, 6) is 0. The van der Waals surface area contributed by atoms with Gasteiger partial charge < -0.3 is 5.73 Å². The van der Waals surface area contributed by atoms with Crippen LogP contribution in [-0.4, -0.2) is 26.2 Å². The van der Waals surface area contributed by atoms with E-state index in [0.29, 0.717) is 6.04 Å². The first kappa shape index (κ1) is 13.5. The molecule has 102 valence electrons. The number of halogens is 1. The highest BCUT2D eigenvalue weighted by atomic mass is 79.9. The first-order chi connectivity index (χ1) is 9.15. The van der Waals surface area contributed by atoms with Crippen molar-refractivity contribution in [2.75, 3.05) is 0 Å². The molecule has 1 saturated carbocycles. The lowest BCUT2D eigenvalue weighted by atomic mass is 10.2. The third kappa shape index (κ3) is 3.01. The van der Waals surface area contributed by atoms with E-state index in [-0.39, 0.29) is 11.3 Å². The van der Waals surface area contributed by atoms with Crippen molar-refractivity contribution >= 4 is 39.0 Å². The van der Waals surface area contributed by atoms with E-state index in [4.69, 9.17) is 5.73 Å². The monoisotopic (exact) mass is 359 g/mol. The number of tetrazole rings is 1.